The SMILES string of the molecule is C[C@H]1CC[C@@](C)(C(=O)CCOC(=O)c2ccc(N([O-])O)cc2)C1(C)C. The lowest BCUT2D eigenvalue weighted by Gasteiger charge is -2.39. The molecule has 1 fully saturated rings. The van der Waals surface area contributed by atoms with Crippen LogP contribution < -0.4 is 5.23 Å². The lowest BCUT2D eigenvalue weighted by Crippen LogP contribution is -2.40. The number of esters is 1. The van der Waals surface area contributed by atoms with Gasteiger partial charge in [0.1, 0.15) is 5.78 Å². The van der Waals surface area contributed by atoms with Crippen molar-refractivity contribution >= 4 is 17.4 Å². The molecule has 0 aliphatic heterocycles. The molecule has 25 heavy (non-hydrogen) atoms. The van der Waals surface area contributed by atoms with Crippen LogP contribution >= 0.6 is 0 Å². The Morgan fingerprint density at radius 3 is 2.36 bits per heavy atom. The summed E-state index contributed by atoms with van der Waals surface area (Å²) in [6, 6.07) is 5.42. The number of ether oxygens (including phenoxy) is 1. The summed E-state index contributed by atoms with van der Waals surface area (Å²) in [5, 5.41) is 19.2. The number of ketones is 1. The van der Waals surface area contributed by atoms with Crippen LogP contribution in [-0.4, -0.2) is 23.6 Å². The second kappa shape index (κ2) is 7.14. The molecule has 1 N–H and O–H groups in total. The molecule has 0 saturated heterocycles. The van der Waals surface area contributed by atoms with E-state index in [2.05, 4.69) is 20.8 Å². The van der Waals surface area contributed by atoms with Crippen LogP contribution in [0.15, 0.2) is 24.3 Å². The number of hydrogen-bond donors (Lipinski definition) is 1. The van der Waals surface area contributed by atoms with Crippen LogP contribution in [0.2, 0.25) is 0 Å². The number of benzene rings is 1. The van der Waals surface area contributed by atoms with Crippen molar-refractivity contribution in [3.63, 3.8) is 0 Å². The number of hydrogen-bond acceptors (Lipinski definition) is 6. The molecule has 2 rings (SSSR count). The van der Waals surface area contributed by atoms with E-state index >= 15 is 0 Å². The third-order valence-electron chi connectivity index (χ3n) is 6.23. The summed E-state index contributed by atoms with van der Waals surface area (Å²) >= 11 is 0. The first-order valence-electron chi connectivity index (χ1n) is 8.56. The van der Waals surface area contributed by atoms with Gasteiger partial charge in [-0.1, -0.05) is 27.7 Å². The molecule has 0 amide bonds. The molecule has 1 aromatic rings. The molecule has 0 unspecified atom stereocenters. The van der Waals surface area contributed by atoms with Crippen LogP contribution in [-0.2, 0) is 9.53 Å². The fraction of sp³-hybridized carbons (Fsp3) is 0.579. The van der Waals surface area contributed by atoms with Gasteiger partial charge < -0.3 is 15.2 Å². The first-order valence-corrected chi connectivity index (χ1v) is 8.56. The average Bonchev–Trinajstić information content (AvgIpc) is 2.78. The highest BCUT2D eigenvalue weighted by Gasteiger charge is 2.53. The summed E-state index contributed by atoms with van der Waals surface area (Å²) in [4.78, 5) is 24.7. The van der Waals surface area contributed by atoms with Crippen molar-refractivity contribution in [3.8, 4) is 0 Å². The number of nitrogens with zero attached hydrogens (tertiary/aromatic N) is 1. The van der Waals surface area contributed by atoms with E-state index in [4.69, 9.17) is 9.94 Å². The smallest absolute Gasteiger partial charge is 0.338 e. The maximum atomic E-state index is 12.7. The van der Waals surface area contributed by atoms with Crippen molar-refractivity contribution in [2.75, 3.05) is 11.8 Å². The van der Waals surface area contributed by atoms with E-state index in [-0.39, 0.29) is 46.1 Å². The van der Waals surface area contributed by atoms with Crippen LogP contribution in [0.25, 0.3) is 0 Å². The summed E-state index contributed by atoms with van der Waals surface area (Å²) in [5.74, 6) is 0.0563. The lowest BCUT2D eigenvalue weighted by molar-refractivity contribution is -0.134. The number of carbonyl (C=O) groups excluding carboxylic acids is 2. The quantitative estimate of drug-likeness (QED) is 0.618. The number of anilines is 1. The zero-order valence-electron chi connectivity index (χ0n) is 15.2. The van der Waals surface area contributed by atoms with E-state index < -0.39 is 5.97 Å². The van der Waals surface area contributed by atoms with Gasteiger partial charge in [-0.3, -0.25) is 10.0 Å². The van der Waals surface area contributed by atoms with Gasteiger partial charge in [0.05, 0.1) is 17.9 Å². The summed E-state index contributed by atoms with van der Waals surface area (Å²) in [6.07, 6.45) is 2.09. The molecular weight excluding hydrogens is 322 g/mol. The Morgan fingerprint density at radius 1 is 1.28 bits per heavy atom. The number of Topliss-reactive ketones (excluding diaryl/α,β-unsaturated/α-hetero) is 1. The highest BCUT2D eigenvalue weighted by atomic mass is 16.8. The minimum Gasteiger partial charge on any atom is -0.733 e. The van der Waals surface area contributed by atoms with Crippen molar-refractivity contribution in [3.05, 3.63) is 35.0 Å². The Kier molecular flexibility index (Phi) is 5.54. The molecule has 0 spiro atoms. The first-order chi connectivity index (χ1) is 11.6. The van der Waals surface area contributed by atoms with Crippen LogP contribution in [0.1, 0.15) is 57.3 Å². The molecule has 0 radical (unpaired) electrons. The Balaban J connectivity index is 1.90. The van der Waals surface area contributed by atoms with Gasteiger partial charge in [0.2, 0.25) is 0 Å². The van der Waals surface area contributed by atoms with E-state index in [0.717, 1.165) is 12.8 Å². The molecular formula is C19H26NO5-. The summed E-state index contributed by atoms with van der Waals surface area (Å²) in [7, 11) is 0. The molecule has 6 nitrogen and oxygen atoms in total. The summed E-state index contributed by atoms with van der Waals surface area (Å²) in [6.45, 7) is 8.50. The van der Waals surface area contributed by atoms with Crippen molar-refractivity contribution in [1.29, 1.82) is 0 Å². The van der Waals surface area contributed by atoms with Crippen LogP contribution in [0.5, 0.6) is 0 Å². The maximum Gasteiger partial charge on any atom is 0.338 e. The predicted octanol–water partition coefficient (Wildman–Crippen LogP) is 3.96. The zero-order chi connectivity index (χ0) is 18.8. The van der Waals surface area contributed by atoms with Crippen molar-refractivity contribution in [1.82, 2.24) is 0 Å². The van der Waals surface area contributed by atoms with Gasteiger partial charge >= 0.3 is 5.97 Å². The predicted molar refractivity (Wildman–Crippen MR) is 94.3 cm³/mol. The van der Waals surface area contributed by atoms with Gasteiger partial charge in [0.25, 0.3) is 0 Å². The molecule has 1 aliphatic carbocycles. The van der Waals surface area contributed by atoms with Gasteiger partial charge in [-0.25, -0.2) is 4.79 Å². The Labute approximate surface area is 148 Å². The van der Waals surface area contributed by atoms with E-state index in [9.17, 15) is 14.8 Å². The average molecular weight is 348 g/mol. The second-order valence-corrected chi connectivity index (χ2v) is 7.62. The van der Waals surface area contributed by atoms with Crippen LogP contribution in [0.3, 0.4) is 0 Å². The highest BCUT2D eigenvalue weighted by molar-refractivity contribution is 5.90. The molecule has 0 heterocycles. The lowest BCUT2D eigenvalue weighted by atomic mass is 9.63. The van der Waals surface area contributed by atoms with Crippen molar-refractivity contribution in [2.45, 2.75) is 47.0 Å². The highest BCUT2D eigenvalue weighted by Crippen LogP contribution is 2.56. The normalized spacial score (nSPS) is 24.8. The molecule has 1 aromatic carbocycles. The molecule has 0 aromatic heterocycles. The zero-order valence-corrected chi connectivity index (χ0v) is 15.2. The third kappa shape index (κ3) is 3.70. The largest absolute Gasteiger partial charge is 0.733 e. The monoisotopic (exact) mass is 348 g/mol. The van der Waals surface area contributed by atoms with Crippen LogP contribution in [0.4, 0.5) is 5.69 Å². The summed E-state index contributed by atoms with van der Waals surface area (Å²) < 4.78 is 5.18. The number of carbonyl (C=O) groups is 2. The van der Waals surface area contributed by atoms with Gasteiger partial charge in [0.15, 0.2) is 0 Å². The molecule has 0 bridgehead atoms. The van der Waals surface area contributed by atoms with E-state index in [0.29, 0.717) is 5.92 Å². The third-order valence-corrected chi connectivity index (χ3v) is 6.23. The molecule has 1 saturated carbocycles. The van der Waals surface area contributed by atoms with Crippen LogP contribution in [0, 0.1) is 22.0 Å². The molecule has 6 heteroatoms. The second-order valence-electron chi connectivity index (χ2n) is 7.62. The molecule has 1 aliphatic rings. The minimum absolute atomic E-state index is 0.0252. The fourth-order valence-electron chi connectivity index (χ4n) is 3.55. The van der Waals surface area contributed by atoms with Crippen molar-refractivity contribution < 1.29 is 19.5 Å². The number of rotatable bonds is 6. The topological polar surface area (TPSA) is 89.9 Å². The maximum absolute atomic E-state index is 12.7. The van der Waals surface area contributed by atoms with E-state index in [1.165, 1.54) is 24.3 Å². The van der Waals surface area contributed by atoms with Gasteiger partial charge in [-0.05, 0) is 48.4 Å². The Morgan fingerprint density at radius 2 is 1.88 bits per heavy atom. The standard InChI is InChI=1S/C19H26NO5/c1-13-9-11-19(4,18(13,2)3)16(21)10-12-25-17(22)14-5-7-15(8-6-14)20(23)24/h5-8,13,23H,9-12H2,1-4H3/q-1/t13-,19-/m0/s1. The molecule has 2 atom stereocenters. The van der Waals surface area contributed by atoms with E-state index in [1.54, 1.807) is 0 Å². The van der Waals surface area contributed by atoms with Gasteiger partial charge in [-0.15, -0.1) is 0 Å². The van der Waals surface area contributed by atoms with Crippen molar-refractivity contribution in [2.24, 2.45) is 16.7 Å². The Bertz CT molecular complexity index is 638. The first kappa shape index (κ1) is 19.4. The van der Waals surface area contributed by atoms with Gasteiger partial charge in [0, 0.05) is 11.8 Å². The fourth-order valence-corrected chi connectivity index (χ4v) is 3.55. The minimum atomic E-state index is -0.557. The molecule has 138 valence electrons. The summed E-state index contributed by atoms with van der Waals surface area (Å²) in [5.41, 5.74) is -0.172. The Hall–Kier alpha value is -1.92. The van der Waals surface area contributed by atoms with E-state index in [1.807, 2.05) is 6.92 Å². The van der Waals surface area contributed by atoms with Gasteiger partial charge in [-0.2, -0.15) is 0 Å².